The van der Waals surface area contributed by atoms with Crippen LogP contribution in [0.3, 0.4) is 0 Å². The van der Waals surface area contributed by atoms with Crippen molar-refractivity contribution in [1.29, 1.82) is 0 Å². The summed E-state index contributed by atoms with van der Waals surface area (Å²) >= 11 is 6.40. The van der Waals surface area contributed by atoms with Crippen LogP contribution in [-0.4, -0.2) is 74.0 Å². The Morgan fingerprint density at radius 3 is 2.63 bits per heavy atom. The smallest absolute Gasteiger partial charge is 0.290 e. The van der Waals surface area contributed by atoms with Crippen LogP contribution >= 0.6 is 11.6 Å². The van der Waals surface area contributed by atoms with Crippen molar-refractivity contribution in [1.82, 2.24) is 4.90 Å². The van der Waals surface area contributed by atoms with Crippen LogP contribution in [0.5, 0.6) is 5.75 Å². The Balaban J connectivity index is 0.00000135. The molecule has 5 unspecified atom stereocenters. The quantitative estimate of drug-likeness (QED) is 0.330. The first-order valence-corrected chi connectivity index (χ1v) is 15.6. The molecule has 2 bridgehead atoms. The van der Waals surface area contributed by atoms with Crippen LogP contribution in [0.2, 0.25) is 5.02 Å². The van der Waals surface area contributed by atoms with E-state index in [1.807, 2.05) is 37.5 Å². The lowest BCUT2D eigenvalue weighted by molar-refractivity contribution is -0.131. The van der Waals surface area contributed by atoms with Crippen LogP contribution in [0.15, 0.2) is 48.6 Å². The van der Waals surface area contributed by atoms with Gasteiger partial charge in [-0.3, -0.25) is 9.59 Å². The molecule has 9 heteroatoms. The number of rotatable bonds is 4. The lowest BCUT2D eigenvalue weighted by atomic mass is 9.69. The average molecular weight is 613 g/mol. The van der Waals surface area contributed by atoms with Crippen molar-refractivity contribution in [2.24, 2.45) is 11.8 Å². The number of carboxylic acid groups (broad SMARTS) is 1. The molecule has 1 amide bonds. The Labute approximate surface area is 260 Å². The molecule has 234 valence electrons. The number of aryl methyl sites for hydroxylation is 1. The molecule has 2 heterocycles. The standard InChI is InChI=1S/C33H43ClN2O4.CH2O2/c1-4-7-22-16-26(34)11-13-27(22)25-20-36-19-24-9-12-28(24)31(39-3)8-5-6-15-35(2)33(38)18-30(37)23-10-14-32(40-21-25)29(36)17-23;2-1-3/h5-6,10-11,13-14,16-17,24-25,28,30-31,37H,4,7-9,12,15,18-21H2,1-3H3;1H,(H,2,3)/b6-5-;. The van der Waals surface area contributed by atoms with Gasteiger partial charge in [-0.25, -0.2) is 0 Å². The zero-order valence-corrected chi connectivity index (χ0v) is 26.2. The molecular formula is C34H45ClN2O6. The van der Waals surface area contributed by atoms with Gasteiger partial charge >= 0.3 is 0 Å². The van der Waals surface area contributed by atoms with Crippen LogP contribution in [0.25, 0.3) is 0 Å². The second-order valence-corrected chi connectivity index (χ2v) is 12.3. The molecule has 0 aromatic heterocycles. The molecule has 0 radical (unpaired) electrons. The molecule has 8 nitrogen and oxygen atoms in total. The van der Waals surface area contributed by atoms with Gasteiger partial charge in [0.2, 0.25) is 5.91 Å². The van der Waals surface area contributed by atoms with E-state index in [1.165, 1.54) is 17.5 Å². The monoisotopic (exact) mass is 612 g/mol. The zero-order valence-electron chi connectivity index (χ0n) is 25.5. The van der Waals surface area contributed by atoms with Gasteiger partial charge in [0.15, 0.2) is 0 Å². The highest BCUT2D eigenvalue weighted by molar-refractivity contribution is 6.30. The van der Waals surface area contributed by atoms with E-state index in [4.69, 9.17) is 31.0 Å². The Bertz CT molecular complexity index is 1270. The number of carbonyl (C=O) groups excluding carboxylic acids is 1. The van der Waals surface area contributed by atoms with Gasteiger partial charge in [-0.15, -0.1) is 0 Å². The van der Waals surface area contributed by atoms with Crippen molar-refractivity contribution < 1.29 is 29.3 Å². The van der Waals surface area contributed by atoms with Gasteiger partial charge in [-0.2, -0.15) is 0 Å². The third-order valence-corrected chi connectivity index (χ3v) is 9.31. The zero-order chi connectivity index (χ0) is 30.9. The highest BCUT2D eigenvalue weighted by Gasteiger charge is 2.39. The van der Waals surface area contributed by atoms with E-state index >= 15 is 0 Å². The fourth-order valence-electron chi connectivity index (χ4n) is 6.58. The van der Waals surface area contributed by atoms with Crippen molar-refractivity contribution in [3.8, 4) is 5.75 Å². The first-order valence-electron chi connectivity index (χ1n) is 15.3. The maximum Gasteiger partial charge on any atom is 0.290 e. The number of hydrogen-bond acceptors (Lipinski definition) is 6. The number of methoxy groups -OCH3 is 1. The summed E-state index contributed by atoms with van der Waals surface area (Å²) in [5.74, 6) is 1.92. The Morgan fingerprint density at radius 2 is 1.93 bits per heavy atom. The summed E-state index contributed by atoms with van der Waals surface area (Å²) in [6, 6.07) is 12.2. The fourth-order valence-corrected chi connectivity index (χ4v) is 6.78. The lowest BCUT2D eigenvalue weighted by Crippen LogP contribution is -2.44. The third kappa shape index (κ3) is 8.11. The number of nitrogens with zero attached hydrogens (tertiary/aromatic N) is 2. The summed E-state index contributed by atoms with van der Waals surface area (Å²) in [4.78, 5) is 25.4. The van der Waals surface area contributed by atoms with E-state index in [0.29, 0.717) is 25.0 Å². The number of fused-ring (bicyclic) bond motifs is 2. The number of amides is 1. The number of hydrogen-bond donors (Lipinski definition) is 2. The largest absolute Gasteiger partial charge is 0.491 e. The van der Waals surface area contributed by atoms with Crippen LogP contribution in [0.4, 0.5) is 5.69 Å². The van der Waals surface area contributed by atoms with Crippen molar-refractivity contribution in [2.45, 2.75) is 63.6 Å². The van der Waals surface area contributed by atoms with Gasteiger partial charge in [0.25, 0.3) is 6.47 Å². The maximum absolute atomic E-state index is 12.9. The number of carbonyl (C=O) groups is 2. The van der Waals surface area contributed by atoms with Crippen molar-refractivity contribution in [2.75, 3.05) is 45.3 Å². The van der Waals surface area contributed by atoms with Crippen molar-refractivity contribution >= 4 is 29.7 Å². The first kappa shape index (κ1) is 32.8. The second kappa shape index (κ2) is 15.6. The molecule has 2 aliphatic heterocycles. The van der Waals surface area contributed by atoms with Gasteiger partial charge < -0.3 is 29.5 Å². The molecular weight excluding hydrogens is 568 g/mol. The molecule has 2 aromatic carbocycles. The molecule has 0 saturated heterocycles. The highest BCUT2D eigenvalue weighted by atomic mass is 35.5. The van der Waals surface area contributed by atoms with Gasteiger partial charge in [0, 0.05) is 44.7 Å². The molecule has 43 heavy (non-hydrogen) atoms. The fraction of sp³-hybridized carbons (Fsp3) is 0.529. The average Bonchev–Trinajstić information content (AvgIpc) is 3.15. The minimum absolute atomic E-state index is 0.0448. The van der Waals surface area contributed by atoms with Crippen LogP contribution in [0, 0.1) is 11.8 Å². The lowest BCUT2D eigenvalue weighted by Gasteiger charge is -2.44. The van der Waals surface area contributed by atoms with E-state index in [0.717, 1.165) is 60.8 Å². The van der Waals surface area contributed by atoms with Gasteiger partial charge in [-0.05, 0) is 78.5 Å². The SMILES string of the molecule is CCCc1cc(Cl)ccc1C1COc2ccc3cc2N(C1)CC1CCC1C(OC)C/C=C\CN(C)C(=O)CC3O.O=CO. The van der Waals surface area contributed by atoms with Crippen molar-refractivity contribution in [3.05, 3.63) is 70.3 Å². The second-order valence-electron chi connectivity index (χ2n) is 11.8. The van der Waals surface area contributed by atoms with E-state index in [-0.39, 0.29) is 30.8 Å². The Kier molecular flexibility index (Phi) is 11.9. The third-order valence-electron chi connectivity index (χ3n) is 9.07. The summed E-state index contributed by atoms with van der Waals surface area (Å²) in [6.45, 7) is 4.76. The minimum Gasteiger partial charge on any atom is -0.491 e. The number of likely N-dealkylation sites (N-methyl/N-ethyl adjacent to an activating group) is 1. The van der Waals surface area contributed by atoms with Crippen molar-refractivity contribution in [3.63, 3.8) is 0 Å². The molecule has 2 aromatic rings. The van der Waals surface area contributed by atoms with Gasteiger partial charge in [-0.1, -0.05) is 49.2 Å². The highest BCUT2D eigenvalue weighted by Crippen LogP contribution is 2.44. The number of aliphatic hydroxyl groups is 1. The molecule has 0 spiro atoms. The molecule has 1 fully saturated rings. The topological polar surface area (TPSA) is 99.5 Å². The number of benzene rings is 2. The molecule has 3 aliphatic rings. The number of anilines is 1. The Hall–Kier alpha value is -3.07. The Morgan fingerprint density at radius 1 is 1.14 bits per heavy atom. The summed E-state index contributed by atoms with van der Waals surface area (Å²) in [5, 5.41) is 18.7. The minimum atomic E-state index is -0.875. The molecule has 2 N–H and O–H groups in total. The summed E-state index contributed by atoms with van der Waals surface area (Å²) in [6.07, 6.45) is 8.70. The predicted molar refractivity (Wildman–Crippen MR) is 169 cm³/mol. The summed E-state index contributed by atoms with van der Waals surface area (Å²) < 4.78 is 12.5. The summed E-state index contributed by atoms with van der Waals surface area (Å²) in [5.41, 5.74) is 4.33. The first-order chi connectivity index (χ1) is 20.8. The normalized spacial score (nSPS) is 26.5. The van der Waals surface area contributed by atoms with Crippen LogP contribution in [0.1, 0.15) is 67.7 Å². The van der Waals surface area contributed by atoms with E-state index in [1.54, 1.807) is 11.9 Å². The molecule has 1 aliphatic carbocycles. The summed E-state index contributed by atoms with van der Waals surface area (Å²) in [7, 11) is 3.60. The van der Waals surface area contributed by atoms with Crippen LogP contribution in [-0.2, 0) is 20.7 Å². The van der Waals surface area contributed by atoms with Gasteiger partial charge in [0.05, 0.1) is 30.9 Å². The maximum atomic E-state index is 12.9. The molecule has 1 saturated carbocycles. The van der Waals surface area contributed by atoms with E-state index < -0.39 is 6.10 Å². The number of halogens is 1. The number of aliphatic hydroxyl groups excluding tert-OH is 1. The molecule has 5 rings (SSSR count). The van der Waals surface area contributed by atoms with Crippen LogP contribution < -0.4 is 9.64 Å². The van der Waals surface area contributed by atoms with E-state index in [9.17, 15) is 9.90 Å². The number of ether oxygens (including phenoxy) is 2. The predicted octanol–water partition coefficient (Wildman–Crippen LogP) is 5.86. The van der Waals surface area contributed by atoms with Gasteiger partial charge in [0.1, 0.15) is 5.75 Å². The molecule has 5 atom stereocenters. The van der Waals surface area contributed by atoms with E-state index in [2.05, 4.69) is 30.0 Å².